The number of nitrogens with zero attached hydrogens (tertiary/aromatic N) is 5. The lowest BCUT2D eigenvalue weighted by molar-refractivity contribution is 0.0282. The Morgan fingerprint density at radius 2 is 1.97 bits per heavy atom. The highest BCUT2D eigenvalue weighted by atomic mass is 16.5. The van der Waals surface area contributed by atoms with Crippen LogP contribution in [0.25, 0.3) is 27.9 Å². The van der Waals surface area contributed by atoms with Gasteiger partial charge in [0.1, 0.15) is 12.0 Å². The number of aromatic nitrogens is 5. The summed E-state index contributed by atoms with van der Waals surface area (Å²) < 4.78 is 7.09. The second-order valence-corrected chi connectivity index (χ2v) is 10.4. The van der Waals surface area contributed by atoms with E-state index in [2.05, 4.69) is 52.0 Å². The van der Waals surface area contributed by atoms with Gasteiger partial charge in [-0.3, -0.25) is 0 Å². The molecule has 2 N–H and O–H groups in total. The second-order valence-electron chi connectivity index (χ2n) is 10.4. The first-order valence-corrected chi connectivity index (χ1v) is 12.1. The largest absolute Gasteiger partial charge is 0.493 e. The lowest BCUT2D eigenvalue weighted by atomic mass is 9.87. The number of methoxy groups -OCH3 is 1. The molecule has 5 rings (SSSR count). The predicted octanol–water partition coefficient (Wildman–Crippen LogP) is 4.35. The summed E-state index contributed by atoms with van der Waals surface area (Å²) in [7, 11) is 1.64. The average molecular weight is 463 g/mol. The van der Waals surface area contributed by atoms with Crippen LogP contribution >= 0.6 is 0 Å². The Labute approximate surface area is 199 Å². The average Bonchev–Trinajstić information content (AvgIpc) is 3.42. The Kier molecular flexibility index (Phi) is 5.81. The van der Waals surface area contributed by atoms with Crippen molar-refractivity contribution in [2.45, 2.75) is 58.0 Å². The van der Waals surface area contributed by atoms with Crippen molar-refractivity contribution in [1.29, 1.82) is 0 Å². The zero-order valence-corrected chi connectivity index (χ0v) is 20.7. The number of rotatable bonds is 6. The molecule has 180 valence electrons. The number of fused-ring (bicyclic) bond motifs is 2. The molecule has 0 unspecified atom stereocenters. The lowest BCUT2D eigenvalue weighted by Crippen LogP contribution is -2.42. The molecule has 4 aromatic rings. The highest BCUT2D eigenvalue weighted by Crippen LogP contribution is 2.38. The van der Waals surface area contributed by atoms with Crippen molar-refractivity contribution in [1.82, 2.24) is 29.7 Å². The molecule has 1 saturated heterocycles. The third kappa shape index (κ3) is 4.28. The smallest absolute Gasteiger partial charge is 0.218 e. The minimum atomic E-state index is -0.647. The third-order valence-electron chi connectivity index (χ3n) is 6.81. The number of benzene rings is 1. The Hall–Kier alpha value is -2.97. The molecule has 0 amide bonds. The molecule has 1 aliphatic heterocycles. The summed E-state index contributed by atoms with van der Waals surface area (Å²) in [5.41, 5.74) is 5.50. The number of nitrogens with one attached hydrogen (secondary N) is 1. The molecule has 0 spiro atoms. The maximum Gasteiger partial charge on any atom is 0.218 e. The van der Waals surface area contributed by atoms with E-state index in [0.29, 0.717) is 23.2 Å². The maximum atomic E-state index is 10.2. The predicted molar refractivity (Wildman–Crippen MR) is 133 cm³/mol. The van der Waals surface area contributed by atoms with Crippen molar-refractivity contribution in [2.24, 2.45) is 0 Å². The second kappa shape index (κ2) is 8.67. The van der Waals surface area contributed by atoms with E-state index < -0.39 is 5.60 Å². The Morgan fingerprint density at radius 3 is 2.65 bits per heavy atom. The Bertz CT molecular complexity index is 1310. The van der Waals surface area contributed by atoms with Gasteiger partial charge in [0.25, 0.3) is 0 Å². The summed E-state index contributed by atoms with van der Waals surface area (Å²) in [6.07, 6.45) is 3.71. The topological polar surface area (TPSA) is 91.6 Å². The van der Waals surface area contributed by atoms with E-state index in [1.165, 1.54) is 27.5 Å². The van der Waals surface area contributed by atoms with Crippen LogP contribution in [-0.4, -0.2) is 67.1 Å². The summed E-state index contributed by atoms with van der Waals surface area (Å²) in [5.74, 6) is 1.49. The van der Waals surface area contributed by atoms with E-state index in [1.807, 2.05) is 19.9 Å². The van der Waals surface area contributed by atoms with E-state index in [1.54, 1.807) is 7.11 Å². The van der Waals surface area contributed by atoms with Crippen molar-refractivity contribution in [3.63, 3.8) is 0 Å². The van der Waals surface area contributed by atoms with Crippen LogP contribution < -0.4 is 4.74 Å². The lowest BCUT2D eigenvalue weighted by Gasteiger charge is -2.35. The number of aliphatic hydroxyl groups is 1. The number of H-pyrrole nitrogens is 1. The quantitative estimate of drug-likeness (QED) is 0.443. The van der Waals surface area contributed by atoms with Crippen LogP contribution in [0, 0.1) is 0 Å². The van der Waals surface area contributed by atoms with Crippen LogP contribution in [-0.2, 0) is 0 Å². The van der Waals surface area contributed by atoms with Gasteiger partial charge in [0.15, 0.2) is 5.75 Å². The van der Waals surface area contributed by atoms with Crippen LogP contribution in [0.15, 0.2) is 30.6 Å². The number of hydrogen-bond acceptors (Lipinski definition) is 6. The molecule has 1 aliphatic rings. The first-order valence-electron chi connectivity index (χ1n) is 12.1. The highest BCUT2D eigenvalue weighted by Gasteiger charge is 2.26. The van der Waals surface area contributed by atoms with E-state index in [0.717, 1.165) is 49.4 Å². The van der Waals surface area contributed by atoms with Crippen molar-refractivity contribution >= 4 is 16.6 Å². The maximum absolute atomic E-state index is 10.2. The summed E-state index contributed by atoms with van der Waals surface area (Å²) in [5, 5.41) is 20.3. The molecule has 1 aromatic carbocycles. The molecular weight excluding hydrogens is 428 g/mol. The van der Waals surface area contributed by atoms with Gasteiger partial charge in [0, 0.05) is 23.5 Å². The fraction of sp³-hybridized carbons (Fsp3) is 0.500. The van der Waals surface area contributed by atoms with E-state index in [-0.39, 0.29) is 0 Å². The number of piperidine rings is 1. The standard InChI is InChI=1S/C26H34N6O2/c1-16(2)23-19-12-18(17-8-10-31(11-9-17)14-26(3,4)33)6-7-20(19)29-24(23)21-13-22(34-5)25-27-15-28-32(25)30-21/h6-7,12-13,15-17,29,33H,8-11,14H2,1-5H3. The van der Waals surface area contributed by atoms with Crippen LogP contribution in [0.4, 0.5) is 0 Å². The van der Waals surface area contributed by atoms with Crippen molar-refractivity contribution < 1.29 is 9.84 Å². The van der Waals surface area contributed by atoms with Crippen molar-refractivity contribution in [2.75, 3.05) is 26.7 Å². The van der Waals surface area contributed by atoms with Gasteiger partial charge in [0.05, 0.1) is 18.4 Å². The monoisotopic (exact) mass is 462 g/mol. The third-order valence-corrected chi connectivity index (χ3v) is 6.81. The molecule has 34 heavy (non-hydrogen) atoms. The van der Waals surface area contributed by atoms with Gasteiger partial charge in [0.2, 0.25) is 5.65 Å². The molecule has 0 radical (unpaired) electrons. The summed E-state index contributed by atoms with van der Waals surface area (Å²) in [4.78, 5) is 10.2. The van der Waals surface area contributed by atoms with Crippen LogP contribution in [0.2, 0.25) is 0 Å². The number of β-amino-alcohol motifs (C(OH)–C–C–N with tert-alkyl or cyclic N) is 1. The minimum Gasteiger partial charge on any atom is -0.493 e. The fourth-order valence-electron chi connectivity index (χ4n) is 5.32. The van der Waals surface area contributed by atoms with Gasteiger partial charge in [-0.05, 0) is 74.9 Å². The van der Waals surface area contributed by atoms with Crippen LogP contribution in [0.1, 0.15) is 63.5 Å². The molecule has 8 nitrogen and oxygen atoms in total. The van der Waals surface area contributed by atoms with Crippen molar-refractivity contribution in [3.05, 3.63) is 41.7 Å². The number of hydrogen-bond donors (Lipinski definition) is 2. The summed E-state index contributed by atoms with van der Waals surface area (Å²) in [6.45, 7) is 11.0. The molecule has 0 bridgehead atoms. The molecular formula is C26H34N6O2. The van der Waals surface area contributed by atoms with Crippen LogP contribution in [0.5, 0.6) is 5.75 Å². The van der Waals surface area contributed by atoms with Gasteiger partial charge >= 0.3 is 0 Å². The van der Waals surface area contributed by atoms with Gasteiger partial charge in [-0.1, -0.05) is 19.9 Å². The SMILES string of the molecule is COc1cc(-c2[nH]c3ccc(C4CCN(CC(C)(C)O)CC4)cc3c2C(C)C)nn2ncnc12. The van der Waals surface area contributed by atoms with E-state index in [9.17, 15) is 5.11 Å². The van der Waals surface area contributed by atoms with Crippen molar-refractivity contribution in [3.8, 4) is 17.1 Å². The van der Waals surface area contributed by atoms with Gasteiger partial charge < -0.3 is 19.7 Å². The first-order chi connectivity index (χ1) is 16.2. The highest BCUT2D eigenvalue weighted by molar-refractivity contribution is 5.91. The fourth-order valence-corrected chi connectivity index (χ4v) is 5.32. The zero-order chi connectivity index (χ0) is 24.0. The van der Waals surface area contributed by atoms with Crippen LogP contribution in [0.3, 0.4) is 0 Å². The van der Waals surface area contributed by atoms with E-state index in [4.69, 9.17) is 9.84 Å². The molecule has 8 heteroatoms. The molecule has 0 atom stereocenters. The molecule has 4 heterocycles. The van der Waals surface area contributed by atoms with Gasteiger partial charge in [-0.15, -0.1) is 14.8 Å². The Balaban J connectivity index is 1.50. The molecule has 0 aliphatic carbocycles. The minimum absolute atomic E-state index is 0.312. The normalized spacial score (nSPS) is 16.2. The zero-order valence-electron chi connectivity index (χ0n) is 20.7. The number of likely N-dealkylation sites (tertiary alicyclic amines) is 1. The molecule has 3 aromatic heterocycles. The molecule has 1 fully saturated rings. The van der Waals surface area contributed by atoms with E-state index >= 15 is 0 Å². The number of aromatic amines is 1. The summed E-state index contributed by atoms with van der Waals surface area (Å²) in [6, 6.07) is 8.76. The van der Waals surface area contributed by atoms with Gasteiger partial charge in [-0.25, -0.2) is 4.98 Å². The molecule has 0 saturated carbocycles. The summed E-state index contributed by atoms with van der Waals surface area (Å²) >= 11 is 0. The number of ether oxygens (including phenoxy) is 1. The van der Waals surface area contributed by atoms with Gasteiger partial charge in [-0.2, -0.15) is 0 Å². The Morgan fingerprint density at radius 1 is 1.21 bits per heavy atom. The first kappa shape index (κ1) is 22.8.